The van der Waals surface area contributed by atoms with Crippen molar-refractivity contribution in [2.75, 3.05) is 18.5 Å². The molecule has 0 aliphatic carbocycles. The van der Waals surface area contributed by atoms with Gasteiger partial charge in [0.05, 0.1) is 24.9 Å². The summed E-state index contributed by atoms with van der Waals surface area (Å²) in [5.74, 6) is -0.180. The molecule has 2 aliphatic rings. The first-order chi connectivity index (χ1) is 15.6. The fraction of sp³-hybridized carbons (Fsp3) is 0.280. The van der Waals surface area contributed by atoms with Crippen LogP contribution in [0.2, 0.25) is 0 Å². The highest BCUT2D eigenvalue weighted by Crippen LogP contribution is 2.30. The number of fused-ring (bicyclic) bond motifs is 2. The lowest BCUT2D eigenvalue weighted by atomic mass is 10.1. The van der Waals surface area contributed by atoms with Crippen molar-refractivity contribution < 1.29 is 23.8 Å². The molecule has 4 atom stereocenters. The molecule has 32 heavy (non-hydrogen) atoms. The topological polar surface area (TPSA) is 85.9 Å². The second kappa shape index (κ2) is 8.61. The third-order valence-electron chi connectivity index (χ3n) is 5.92. The minimum Gasteiger partial charge on any atom is -0.441 e. The summed E-state index contributed by atoms with van der Waals surface area (Å²) in [5.41, 5.74) is 2.35. The molecule has 2 amide bonds. The van der Waals surface area contributed by atoms with Gasteiger partial charge in [-0.3, -0.25) is 10.1 Å². The molecule has 7 nitrogen and oxygen atoms in total. The quantitative estimate of drug-likeness (QED) is 0.657. The molecule has 2 saturated heterocycles. The van der Waals surface area contributed by atoms with Gasteiger partial charge in [0.1, 0.15) is 12.2 Å². The van der Waals surface area contributed by atoms with E-state index in [0.717, 1.165) is 16.3 Å². The molecule has 0 saturated carbocycles. The van der Waals surface area contributed by atoms with E-state index >= 15 is 0 Å². The maximum atomic E-state index is 12.6. The first-order valence-electron chi connectivity index (χ1n) is 10.6. The van der Waals surface area contributed by atoms with E-state index in [1.54, 1.807) is 12.1 Å². The summed E-state index contributed by atoms with van der Waals surface area (Å²) in [6.07, 6.45) is -1.89. The highest BCUT2D eigenvalue weighted by molar-refractivity contribution is 6.00. The maximum Gasteiger partial charge on any atom is 0.412 e. The Hall–Kier alpha value is -3.42. The van der Waals surface area contributed by atoms with Gasteiger partial charge in [-0.1, -0.05) is 54.1 Å². The molecule has 2 N–H and O–H groups in total. The predicted molar refractivity (Wildman–Crippen MR) is 120 cm³/mol. The van der Waals surface area contributed by atoms with Gasteiger partial charge in [0.2, 0.25) is 0 Å². The minimum atomic E-state index is -0.564. The zero-order valence-electron chi connectivity index (χ0n) is 17.6. The van der Waals surface area contributed by atoms with Gasteiger partial charge in [0.25, 0.3) is 5.91 Å². The molecule has 2 heterocycles. The summed E-state index contributed by atoms with van der Waals surface area (Å²) >= 11 is 0. The second-order valence-corrected chi connectivity index (χ2v) is 8.14. The largest absolute Gasteiger partial charge is 0.441 e. The summed E-state index contributed by atoms with van der Waals surface area (Å²) < 4.78 is 17.3. The Labute approximate surface area is 185 Å². The molecule has 0 bridgehead atoms. The van der Waals surface area contributed by atoms with Crippen LogP contribution in [0.15, 0.2) is 66.7 Å². The Morgan fingerprint density at radius 2 is 1.66 bits per heavy atom. The van der Waals surface area contributed by atoms with Crippen LogP contribution in [-0.4, -0.2) is 49.6 Å². The molecule has 0 unspecified atom stereocenters. The van der Waals surface area contributed by atoms with Crippen LogP contribution in [0.25, 0.3) is 10.8 Å². The standard InChI is InChI=1S/C25H24N2O5/c1-15-9-11-17(12-10-15)24(28)26-20-13-30-23-21(14-31-22(20)23)32-25(29)27-19-8-4-6-16-5-2-3-7-18(16)19/h2-12,20-23H,13-14H2,1H3,(H,26,28)(H,27,29)/t20-,21+,22+,23+/m0/s1. The number of anilines is 1. The van der Waals surface area contributed by atoms with Gasteiger partial charge >= 0.3 is 6.09 Å². The lowest BCUT2D eigenvalue weighted by Gasteiger charge is -2.18. The number of hydrogen-bond acceptors (Lipinski definition) is 5. The number of aryl methyl sites for hydroxylation is 1. The van der Waals surface area contributed by atoms with Crippen molar-refractivity contribution in [3.8, 4) is 0 Å². The highest BCUT2D eigenvalue weighted by atomic mass is 16.6. The molecule has 7 heteroatoms. The monoisotopic (exact) mass is 432 g/mol. The number of ether oxygens (including phenoxy) is 3. The second-order valence-electron chi connectivity index (χ2n) is 8.14. The molecule has 2 fully saturated rings. The number of hydrogen-bond donors (Lipinski definition) is 2. The first kappa shape index (κ1) is 20.5. The van der Waals surface area contributed by atoms with Crippen LogP contribution >= 0.6 is 0 Å². The van der Waals surface area contributed by atoms with Crippen molar-refractivity contribution >= 4 is 28.5 Å². The van der Waals surface area contributed by atoms with E-state index in [4.69, 9.17) is 14.2 Å². The average Bonchev–Trinajstić information content (AvgIpc) is 3.38. The van der Waals surface area contributed by atoms with Crippen molar-refractivity contribution in [3.05, 3.63) is 77.9 Å². The van der Waals surface area contributed by atoms with Gasteiger partial charge in [0, 0.05) is 10.9 Å². The summed E-state index contributed by atoms with van der Waals surface area (Å²) in [7, 11) is 0. The van der Waals surface area contributed by atoms with E-state index < -0.39 is 18.3 Å². The Balaban J connectivity index is 1.19. The normalized spacial score (nSPS) is 24.2. The Morgan fingerprint density at radius 3 is 2.50 bits per heavy atom. The third kappa shape index (κ3) is 4.04. The fourth-order valence-electron chi connectivity index (χ4n) is 4.26. The number of rotatable bonds is 4. The van der Waals surface area contributed by atoms with E-state index in [9.17, 15) is 9.59 Å². The molecular weight excluding hydrogens is 408 g/mol. The third-order valence-corrected chi connectivity index (χ3v) is 5.92. The van der Waals surface area contributed by atoms with Crippen LogP contribution in [0.4, 0.5) is 10.5 Å². The minimum absolute atomic E-state index is 0.180. The van der Waals surface area contributed by atoms with Gasteiger partial charge in [0.15, 0.2) is 6.10 Å². The fourth-order valence-corrected chi connectivity index (χ4v) is 4.26. The molecule has 2 aliphatic heterocycles. The van der Waals surface area contributed by atoms with Crippen molar-refractivity contribution in [3.63, 3.8) is 0 Å². The molecular formula is C25H24N2O5. The van der Waals surface area contributed by atoms with Gasteiger partial charge in [-0.25, -0.2) is 4.79 Å². The highest BCUT2D eigenvalue weighted by Gasteiger charge is 2.50. The van der Waals surface area contributed by atoms with Gasteiger partial charge < -0.3 is 19.5 Å². The first-order valence-corrected chi connectivity index (χ1v) is 10.6. The average molecular weight is 432 g/mol. The summed E-state index contributed by atoms with van der Waals surface area (Å²) in [5, 5.41) is 7.76. The number of benzene rings is 3. The Morgan fingerprint density at radius 1 is 0.906 bits per heavy atom. The van der Waals surface area contributed by atoms with E-state index in [-0.39, 0.29) is 24.7 Å². The van der Waals surface area contributed by atoms with Crippen LogP contribution in [-0.2, 0) is 14.2 Å². The van der Waals surface area contributed by atoms with Gasteiger partial charge in [-0.15, -0.1) is 0 Å². The van der Waals surface area contributed by atoms with E-state index in [1.165, 1.54) is 0 Å². The number of nitrogens with one attached hydrogen (secondary N) is 2. The smallest absolute Gasteiger partial charge is 0.412 e. The van der Waals surface area contributed by atoms with Crippen molar-refractivity contribution in [1.29, 1.82) is 0 Å². The molecule has 0 radical (unpaired) electrons. The van der Waals surface area contributed by atoms with Crippen molar-refractivity contribution in [2.24, 2.45) is 0 Å². The number of amides is 2. The van der Waals surface area contributed by atoms with Crippen LogP contribution in [0.3, 0.4) is 0 Å². The van der Waals surface area contributed by atoms with Crippen LogP contribution in [0.5, 0.6) is 0 Å². The molecule has 3 aromatic carbocycles. The lowest BCUT2D eigenvalue weighted by molar-refractivity contribution is 0.00862. The summed E-state index contributed by atoms with van der Waals surface area (Å²) in [6.45, 7) is 2.49. The van der Waals surface area contributed by atoms with E-state index in [2.05, 4.69) is 10.6 Å². The SMILES string of the molecule is Cc1ccc(C(=O)N[C@H]2CO[C@H]3[C@@H]2OC[C@H]3OC(=O)Nc2cccc3ccccc23)cc1. The Kier molecular flexibility index (Phi) is 5.51. The van der Waals surface area contributed by atoms with Crippen LogP contribution in [0, 0.1) is 6.92 Å². The predicted octanol–water partition coefficient (Wildman–Crippen LogP) is 3.66. The van der Waals surface area contributed by atoms with Crippen molar-refractivity contribution in [1.82, 2.24) is 5.32 Å². The number of carbonyl (C=O) groups is 2. The zero-order chi connectivity index (χ0) is 22.1. The zero-order valence-corrected chi connectivity index (χ0v) is 17.6. The lowest BCUT2D eigenvalue weighted by Crippen LogP contribution is -2.44. The van der Waals surface area contributed by atoms with E-state index in [0.29, 0.717) is 17.9 Å². The number of carbonyl (C=O) groups excluding carboxylic acids is 2. The molecule has 164 valence electrons. The summed E-state index contributed by atoms with van der Waals surface area (Å²) in [4.78, 5) is 25.1. The molecule has 0 aromatic heterocycles. The Bertz CT molecular complexity index is 1140. The summed E-state index contributed by atoms with van der Waals surface area (Å²) in [6, 6.07) is 20.6. The van der Waals surface area contributed by atoms with Crippen molar-refractivity contribution in [2.45, 2.75) is 31.3 Å². The maximum absolute atomic E-state index is 12.6. The van der Waals surface area contributed by atoms with Gasteiger partial charge in [-0.2, -0.15) is 0 Å². The van der Waals surface area contributed by atoms with Gasteiger partial charge in [-0.05, 0) is 30.5 Å². The van der Waals surface area contributed by atoms with E-state index in [1.807, 2.05) is 61.5 Å². The molecule has 3 aromatic rings. The van der Waals surface area contributed by atoms with Crippen LogP contribution < -0.4 is 10.6 Å². The molecule has 5 rings (SSSR count). The molecule has 0 spiro atoms. The van der Waals surface area contributed by atoms with Crippen LogP contribution in [0.1, 0.15) is 15.9 Å².